The SMILES string of the molecule is CCCCCC(C)(C)C.N=C=O.N=C=O. The van der Waals surface area contributed by atoms with Gasteiger partial charge in [-0.3, -0.25) is 0 Å². The Morgan fingerprint density at radius 2 is 1.33 bits per heavy atom. The summed E-state index contributed by atoms with van der Waals surface area (Å²) >= 11 is 0. The summed E-state index contributed by atoms with van der Waals surface area (Å²) in [6, 6.07) is 0. The number of isocyanates is 2. The van der Waals surface area contributed by atoms with Crippen molar-refractivity contribution in [3.63, 3.8) is 0 Å². The summed E-state index contributed by atoms with van der Waals surface area (Å²) in [7, 11) is 0. The first-order valence-electron chi connectivity index (χ1n) is 4.97. The average molecular weight is 214 g/mol. The Labute approximate surface area is 92.1 Å². The van der Waals surface area contributed by atoms with Gasteiger partial charge in [-0.15, -0.1) is 0 Å². The van der Waals surface area contributed by atoms with Gasteiger partial charge in [0.25, 0.3) is 0 Å². The van der Waals surface area contributed by atoms with Crippen LogP contribution in [0.2, 0.25) is 0 Å². The molecule has 0 saturated carbocycles. The van der Waals surface area contributed by atoms with Crippen LogP contribution in [0.1, 0.15) is 53.4 Å². The molecular formula is C11H22N2O2. The maximum absolute atomic E-state index is 8.35. The summed E-state index contributed by atoms with van der Waals surface area (Å²) in [6.45, 7) is 9.18. The molecule has 0 saturated heterocycles. The zero-order valence-electron chi connectivity index (χ0n) is 10.1. The van der Waals surface area contributed by atoms with E-state index in [2.05, 4.69) is 27.7 Å². The molecule has 15 heavy (non-hydrogen) atoms. The van der Waals surface area contributed by atoms with Crippen LogP contribution in [-0.4, -0.2) is 12.2 Å². The lowest BCUT2D eigenvalue weighted by Gasteiger charge is -2.16. The second-order valence-electron chi connectivity index (χ2n) is 4.22. The number of hydrogen-bond acceptors (Lipinski definition) is 4. The third kappa shape index (κ3) is 65.2. The van der Waals surface area contributed by atoms with Gasteiger partial charge in [-0.05, 0) is 11.8 Å². The largest absolute Gasteiger partial charge is 0.231 e. The monoisotopic (exact) mass is 214 g/mol. The maximum atomic E-state index is 8.35. The number of carbonyl (C=O) groups excluding carboxylic acids is 2. The van der Waals surface area contributed by atoms with Gasteiger partial charge in [-0.2, -0.15) is 0 Å². The fourth-order valence-corrected chi connectivity index (χ4v) is 0.905. The predicted molar refractivity (Wildman–Crippen MR) is 60.4 cm³/mol. The molecule has 4 nitrogen and oxygen atoms in total. The summed E-state index contributed by atoms with van der Waals surface area (Å²) in [5.74, 6) is 0. The molecule has 0 aromatic carbocycles. The minimum absolute atomic E-state index is 0.551. The van der Waals surface area contributed by atoms with Gasteiger partial charge in [-0.1, -0.05) is 47.0 Å². The van der Waals surface area contributed by atoms with E-state index in [1.807, 2.05) is 0 Å². The van der Waals surface area contributed by atoms with Gasteiger partial charge < -0.3 is 0 Å². The van der Waals surface area contributed by atoms with Crippen LogP contribution in [0, 0.1) is 16.2 Å². The Morgan fingerprint density at radius 3 is 1.53 bits per heavy atom. The molecule has 0 heterocycles. The minimum Gasteiger partial charge on any atom is -0.222 e. The van der Waals surface area contributed by atoms with Crippen LogP contribution in [0.4, 0.5) is 0 Å². The topological polar surface area (TPSA) is 81.8 Å². The molecule has 0 amide bonds. The molecule has 2 N–H and O–H groups in total. The van der Waals surface area contributed by atoms with Crippen molar-refractivity contribution in [2.24, 2.45) is 5.41 Å². The van der Waals surface area contributed by atoms with E-state index in [4.69, 9.17) is 20.4 Å². The predicted octanol–water partition coefficient (Wildman–Crippen LogP) is 3.41. The number of unbranched alkanes of at least 4 members (excludes halogenated alkanes) is 2. The number of hydrogen-bond donors (Lipinski definition) is 2. The maximum Gasteiger partial charge on any atom is 0.231 e. The molecule has 0 radical (unpaired) electrons. The Balaban J connectivity index is -0.000000200. The van der Waals surface area contributed by atoms with E-state index in [9.17, 15) is 0 Å². The zero-order valence-corrected chi connectivity index (χ0v) is 10.1. The van der Waals surface area contributed by atoms with Crippen molar-refractivity contribution in [1.29, 1.82) is 10.8 Å². The Kier molecular flexibility index (Phi) is 19.7. The summed E-state index contributed by atoms with van der Waals surface area (Å²) in [5.41, 5.74) is 0.551. The Hall–Kier alpha value is -1.24. The Bertz CT molecular complexity index is 171. The molecule has 0 rings (SSSR count). The van der Waals surface area contributed by atoms with Gasteiger partial charge in [-0.25, -0.2) is 20.4 Å². The molecule has 0 atom stereocenters. The molecule has 0 spiro atoms. The van der Waals surface area contributed by atoms with Crippen LogP contribution in [0.25, 0.3) is 0 Å². The molecule has 0 aromatic heterocycles. The fourth-order valence-electron chi connectivity index (χ4n) is 0.905. The van der Waals surface area contributed by atoms with Crippen molar-refractivity contribution in [2.75, 3.05) is 0 Å². The quantitative estimate of drug-likeness (QED) is 0.428. The van der Waals surface area contributed by atoms with Crippen LogP contribution in [0.3, 0.4) is 0 Å². The zero-order chi connectivity index (χ0) is 12.7. The average Bonchev–Trinajstić information content (AvgIpc) is 2.05. The van der Waals surface area contributed by atoms with Crippen molar-refractivity contribution in [3.05, 3.63) is 0 Å². The summed E-state index contributed by atoms with van der Waals surface area (Å²) in [6.07, 6.45) is 7.02. The van der Waals surface area contributed by atoms with Crippen LogP contribution >= 0.6 is 0 Å². The normalized spacial score (nSPS) is 8.27. The van der Waals surface area contributed by atoms with Crippen molar-refractivity contribution < 1.29 is 9.59 Å². The van der Waals surface area contributed by atoms with Gasteiger partial charge in [0.15, 0.2) is 0 Å². The first-order chi connectivity index (χ1) is 6.89. The highest BCUT2D eigenvalue weighted by atomic mass is 16.1. The van der Waals surface area contributed by atoms with Crippen LogP contribution in [-0.2, 0) is 9.59 Å². The first kappa shape index (κ1) is 19.4. The standard InChI is InChI=1S/C9H20.2CHNO/c1-5-6-7-8-9(2,3)4;2*2-1-3/h5-8H2,1-4H3;2*2H. The van der Waals surface area contributed by atoms with Gasteiger partial charge in [0, 0.05) is 0 Å². The molecule has 4 heteroatoms. The van der Waals surface area contributed by atoms with Crippen LogP contribution in [0.15, 0.2) is 0 Å². The molecule has 0 bridgehead atoms. The van der Waals surface area contributed by atoms with Gasteiger partial charge in [0.05, 0.1) is 0 Å². The van der Waals surface area contributed by atoms with E-state index in [1.165, 1.54) is 25.7 Å². The number of nitrogens with one attached hydrogen (secondary N) is 2. The van der Waals surface area contributed by atoms with Gasteiger partial charge in [0.2, 0.25) is 12.2 Å². The van der Waals surface area contributed by atoms with E-state index >= 15 is 0 Å². The molecule has 0 unspecified atom stereocenters. The molecule has 0 aliphatic rings. The third-order valence-corrected chi connectivity index (χ3v) is 1.53. The summed E-state index contributed by atoms with van der Waals surface area (Å²) < 4.78 is 0. The Morgan fingerprint density at radius 1 is 1.00 bits per heavy atom. The minimum atomic E-state index is 0.551. The highest BCUT2D eigenvalue weighted by Crippen LogP contribution is 2.21. The molecular weight excluding hydrogens is 192 g/mol. The smallest absolute Gasteiger partial charge is 0.222 e. The van der Waals surface area contributed by atoms with Crippen LogP contribution < -0.4 is 0 Å². The van der Waals surface area contributed by atoms with E-state index in [-0.39, 0.29) is 0 Å². The molecule has 0 fully saturated rings. The lowest BCUT2D eigenvalue weighted by molar-refractivity contribution is 0.359. The van der Waals surface area contributed by atoms with Crippen molar-refractivity contribution in [3.8, 4) is 0 Å². The first-order valence-corrected chi connectivity index (χ1v) is 4.97. The number of rotatable bonds is 3. The van der Waals surface area contributed by atoms with Gasteiger partial charge >= 0.3 is 0 Å². The van der Waals surface area contributed by atoms with Gasteiger partial charge in [0.1, 0.15) is 0 Å². The van der Waals surface area contributed by atoms with E-state index < -0.39 is 0 Å². The third-order valence-electron chi connectivity index (χ3n) is 1.53. The molecule has 88 valence electrons. The lowest BCUT2D eigenvalue weighted by atomic mass is 9.90. The van der Waals surface area contributed by atoms with Crippen molar-refractivity contribution in [1.82, 2.24) is 0 Å². The molecule has 0 aliphatic heterocycles. The van der Waals surface area contributed by atoms with Crippen molar-refractivity contribution in [2.45, 2.75) is 53.4 Å². The highest BCUT2D eigenvalue weighted by Gasteiger charge is 2.07. The second kappa shape index (κ2) is 15.2. The molecule has 0 aliphatic carbocycles. The molecule has 0 aromatic rings. The summed E-state index contributed by atoms with van der Waals surface area (Å²) in [5, 5.41) is 10.8. The highest BCUT2D eigenvalue weighted by molar-refractivity contribution is 5.26. The van der Waals surface area contributed by atoms with E-state index in [0.717, 1.165) is 12.2 Å². The summed E-state index contributed by atoms with van der Waals surface area (Å²) in [4.78, 5) is 16.7. The van der Waals surface area contributed by atoms with E-state index in [0.29, 0.717) is 5.41 Å². The lowest BCUT2D eigenvalue weighted by Crippen LogP contribution is -2.03. The van der Waals surface area contributed by atoms with Crippen molar-refractivity contribution >= 4 is 12.2 Å². The second-order valence-corrected chi connectivity index (χ2v) is 4.22. The van der Waals surface area contributed by atoms with E-state index in [1.54, 1.807) is 0 Å². The fraction of sp³-hybridized carbons (Fsp3) is 0.818. The van der Waals surface area contributed by atoms with Crippen LogP contribution in [0.5, 0.6) is 0 Å².